The molecule has 0 aliphatic carbocycles. The van der Waals surface area contributed by atoms with Gasteiger partial charge in [-0.25, -0.2) is 0 Å². The van der Waals surface area contributed by atoms with E-state index >= 15 is 0 Å². The Labute approximate surface area is 85.3 Å². The van der Waals surface area contributed by atoms with Crippen molar-refractivity contribution in [3.05, 3.63) is 41.5 Å². The molecule has 1 radical (unpaired) electrons. The van der Waals surface area contributed by atoms with Crippen LogP contribution < -0.4 is 5.32 Å². The van der Waals surface area contributed by atoms with Crippen LogP contribution >= 0.6 is 0 Å². The van der Waals surface area contributed by atoms with Gasteiger partial charge in [-0.3, -0.25) is 0 Å². The van der Waals surface area contributed by atoms with E-state index in [1.165, 1.54) is 11.1 Å². The maximum atomic E-state index is 5.54. The highest BCUT2D eigenvalue weighted by Gasteiger charge is 2.23. The second kappa shape index (κ2) is 4.11. The molecule has 1 aliphatic heterocycles. The minimum atomic E-state index is 0.267. The van der Waals surface area contributed by atoms with Crippen molar-refractivity contribution in [3.8, 4) is 0 Å². The Balaban J connectivity index is 2.20. The molecule has 1 aromatic rings. The van der Waals surface area contributed by atoms with Crippen LogP contribution in [0.1, 0.15) is 24.1 Å². The van der Waals surface area contributed by atoms with Gasteiger partial charge in [0.1, 0.15) is 6.10 Å². The zero-order chi connectivity index (χ0) is 9.97. The monoisotopic (exact) mass is 190 g/mol. The fourth-order valence-electron chi connectivity index (χ4n) is 1.84. The van der Waals surface area contributed by atoms with Crippen molar-refractivity contribution in [2.45, 2.75) is 19.9 Å². The van der Waals surface area contributed by atoms with Gasteiger partial charge in [0.15, 0.2) is 0 Å². The third kappa shape index (κ3) is 1.97. The lowest BCUT2D eigenvalue weighted by Crippen LogP contribution is -2.35. The number of benzene rings is 1. The van der Waals surface area contributed by atoms with Crippen LogP contribution in [0.4, 0.5) is 0 Å². The second-order valence-corrected chi connectivity index (χ2v) is 3.76. The van der Waals surface area contributed by atoms with Gasteiger partial charge in [-0.2, -0.15) is 0 Å². The standard InChI is InChI=1S/C12H16NO/c1-9-4-3-5-11(8-9)12-10(2)14-7-6-13-12/h3-5,8,12-13H,6-7H2,1-2H3. The lowest BCUT2D eigenvalue weighted by Gasteiger charge is -2.29. The van der Waals surface area contributed by atoms with Crippen molar-refractivity contribution in [1.29, 1.82) is 0 Å². The first-order valence-electron chi connectivity index (χ1n) is 5.03. The van der Waals surface area contributed by atoms with E-state index < -0.39 is 0 Å². The summed E-state index contributed by atoms with van der Waals surface area (Å²) in [5.74, 6) is 0. The zero-order valence-corrected chi connectivity index (χ0v) is 8.71. The maximum absolute atomic E-state index is 5.54. The van der Waals surface area contributed by atoms with Gasteiger partial charge in [0.25, 0.3) is 0 Å². The Hall–Kier alpha value is -0.860. The number of ether oxygens (including phenoxy) is 1. The average Bonchev–Trinajstić information content (AvgIpc) is 2.18. The molecule has 1 aromatic carbocycles. The average molecular weight is 190 g/mol. The van der Waals surface area contributed by atoms with E-state index in [0.29, 0.717) is 0 Å². The van der Waals surface area contributed by atoms with Crippen molar-refractivity contribution in [3.63, 3.8) is 0 Å². The molecular formula is C12H16NO. The summed E-state index contributed by atoms with van der Waals surface area (Å²) in [5, 5.41) is 3.45. The molecule has 0 bridgehead atoms. The Morgan fingerprint density at radius 2 is 2.21 bits per heavy atom. The highest BCUT2D eigenvalue weighted by molar-refractivity contribution is 5.28. The van der Waals surface area contributed by atoms with E-state index in [4.69, 9.17) is 4.74 Å². The first-order valence-corrected chi connectivity index (χ1v) is 5.03. The van der Waals surface area contributed by atoms with Crippen LogP contribution in [0, 0.1) is 13.0 Å². The van der Waals surface area contributed by atoms with E-state index in [0.717, 1.165) is 19.3 Å². The van der Waals surface area contributed by atoms with Crippen LogP contribution in [-0.2, 0) is 4.74 Å². The number of nitrogens with one attached hydrogen (secondary N) is 1. The largest absolute Gasteiger partial charge is 0.369 e. The van der Waals surface area contributed by atoms with E-state index in [9.17, 15) is 0 Å². The third-order valence-corrected chi connectivity index (χ3v) is 2.56. The fourth-order valence-corrected chi connectivity index (χ4v) is 1.84. The second-order valence-electron chi connectivity index (χ2n) is 3.76. The van der Waals surface area contributed by atoms with Gasteiger partial charge in [-0.1, -0.05) is 29.8 Å². The molecule has 1 atom stereocenters. The summed E-state index contributed by atoms with van der Waals surface area (Å²) in [6.45, 7) is 5.87. The molecule has 0 saturated carbocycles. The Kier molecular flexibility index (Phi) is 2.85. The first kappa shape index (κ1) is 9.69. The van der Waals surface area contributed by atoms with Crippen molar-refractivity contribution in [1.82, 2.24) is 5.32 Å². The predicted molar refractivity (Wildman–Crippen MR) is 56.8 cm³/mol. The Bertz CT molecular complexity index is 311. The lowest BCUT2D eigenvalue weighted by molar-refractivity contribution is 0.0877. The molecule has 1 aliphatic rings. The molecule has 1 fully saturated rings. The van der Waals surface area contributed by atoms with Crippen molar-refractivity contribution in [2.75, 3.05) is 13.2 Å². The van der Waals surface area contributed by atoms with Gasteiger partial charge in [0, 0.05) is 6.54 Å². The van der Waals surface area contributed by atoms with E-state index in [1.54, 1.807) is 0 Å². The summed E-state index contributed by atoms with van der Waals surface area (Å²) in [4.78, 5) is 0. The molecule has 1 heterocycles. The molecule has 14 heavy (non-hydrogen) atoms. The number of aryl methyl sites for hydroxylation is 1. The summed E-state index contributed by atoms with van der Waals surface area (Å²) in [6.07, 6.45) is 1.07. The number of hydrogen-bond acceptors (Lipinski definition) is 2. The van der Waals surface area contributed by atoms with Crippen LogP contribution in [0.2, 0.25) is 0 Å². The Morgan fingerprint density at radius 1 is 1.36 bits per heavy atom. The number of hydrogen-bond donors (Lipinski definition) is 1. The SMILES string of the molecule is C[C]1OCCNC1c1cccc(C)c1. The molecular weight excluding hydrogens is 174 g/mol. The number of rotatable bonds is 1. The molecule has 1 saturated heterocycles. The van der Waals surface area contributed by atoms with E-state index in [2.05, 4.69) is 36.5 Å². The number of morpholine rings is 1. The van der Waals surface area contributed by atoms with Gasteiger partial charge >= 0.3 is 0 Å². The van der Waals surface area contributed by atoms with Crippen molar-refractivity contribution >= 4 is 0 Å². The molecule has 1 N–H and O–H groups in total. The molecule has 1 unspecified atom stereocenters. The van der Waals surface area contributed by atoms with Gasteiger partial charge in [-0.05, 0) is 19.4 Å². The summed E-state index contributed by atoms with van der Waals surface area (Å²) in [7, 11) is 0. The summed E-state index contributed by atoms with van der Waals surface area (Å²) < 4.78 is 5.54. The van der Waals surface area contributed by atoms with Crippen LogP contribution in [0.5, 0.6) is 0 Å². The topological polar surface area (TPSA) is 21.3 Å². The molecule has 0 aromatic heterocycles. The smallest absolute Gasteiger partial charge is 0.115 e. The molecule has 2 rings (SSSR count). The summed E-state index contributed by atoms with van der Waals surface area (Å²) in [5.41, 5.74) is 2.59. The zero-order valence-electron chi connectivity index (χ0n) is 8.71. The van der Waals surface area contributed by atoms with Crippen molar-refractivity contribution in [2.24, 2.45) is 0 Å². The Morgan fingerprint density at radius 3 is 2.93 bits per heavy atom. The summed E-state index contributed by atoms with van der Waals surface area (Å²) in [6, 6.07) is 8.82. The van der Waals surface area contributed by atoms with Gasteiger partial charge in [0.05, 0.1) is 12.6 Å². The van der Waals surface area contributed by atoms with Crippen molar-refractivity contribution < 1.29 is 4.74 Å². The molecule has 0 amide bonds. The lowest BCUT2D eigenvalue weighted by atomic mass is 9.99. The molecule has 2 heteroatoms. The maximum Gasteiger partial charge on any atom is 0.115 e. The summed E-state index contributed by atoms with van der Waals surface area (Å²) >= 11 is 0. The fraction of sp³-hybridized carbons (Fsp3) is 0.417. The predicted octanol–water partition coefficient (Wildman–Crippen LogP) is 2.21. The van der Waals surface area contributed by atoms with Gasteiger partial charge < -0.3 is 10.1 Å². The van der Waals surface area contributed by atoms with E-state index in [-0.39, 0.29) is 6.04 Å². The molecule has 2 nitrogen and oxygen atoms in total. The quantitative estimate of drug-likeness (QED) is 0.733. The van der Waals surface area contributed by atoms with Crippen LogP contribution in [0.25, 0.3) is 0 Å². The first-order chi connectivity index (χ1) is 6.77. The van der Waals surface area contributed by atoms with Gasteiger partial charge in [-0.15, -0.1) is 0 Å². The van der Waals surface area contributed by atoms with Crippen LogP contribution in [0.15, 0.2) is 24.3 Å². The van der Waals surface area contributed by atoms with Gasteiger partial charge in [0.2, 0.25) is 0 Å². The normalized spacial score (nSPS) is 23.7. The highest BCUT2D eigenvalue weighted by Crippen LogP contribution is 2.27. The third-order valence-electron chi connectivity index (χ3n) is 2.56. The molecule has 75 valence electrons. The minimum Gasteiger partial charge on any atom is -0.369 e. The van der Waals surface area contributed by atoms with E-state index in [1.807, 2.05) is 6.92 Å². The highest BCUT2D eigenvalue weighted by atomic mass is 16.5. The van der Waals surface area contributed by atoms with Crippen LogP contribution in [-0.4, -0.2) is 13.2 Å². The molecule has 0 spiro atoms. The minimum absolute atomic E-state index is 0.267. The van der Waals surface area contributed by atoms with Crippen LogP contribution in [0.3, 0.4) is 0 Å².